The van der Waals surface area contributed by atoms with E-state index in [1.807, 2.05) is 0 Å². The molecular formula is C12H30N2O2Si. The molecule has 0 bridgehead atoms. The zero-order valence-electron chi connectivity index (χ0n) is 11.8. The van der Waals surface area contributed by atoms with Crippen LogP contribution in [-0.4, -0.2) is 35.5 Å². The van der Waals surface area contributed by atoms with Gasteiger partial charge in [0, 0.05) is 7.11 Å². The van der Waals surface area contributed by atoms with Crippen molar-refractivity contribution in [1.29, 1.82) is 0 Å². The minimum atomic E-state index is -1.88. The molecule has 0 saturated heterocycles. The van der Waals surface area contributed by atoms with Gasteiger partial charge in [-0.05, 0) is 38.5 Å². The molecule has 3 N–H and O–H groups in total. The predicted octanol–water partition coefficient (Wildman–Crippen LogP) is 2.20. The predicted molar refractivity (Wildman–Crippen MR) is 75.2 cm³/mol. The van der Waals surface area contributed by atoms with Crippen LogP contribution in [0.15, 0.2) is 0 Å². The van der Waals surface area contributed by atoms with Crippen molar-refractivity contribution in [3.63, 3.8) is 0 Å². The summed E-state index contributed by atoms with van der Waals surface area (Å²) in [6.45, 7) is 6.74. The van der Waals surface area contributed by atoms with E-state index in [2.05, 4.69) is 18.8 Å². The van der Waals surface area contributed by atoms with Crippen molar-refractivity contribution in [3.05, 3.63) is 0 Å². The maximum absolute atomic E-state index is 5.83. The van der Waals surface area contributed by atoms with Gasteiger partial charge in [-0.3, -0.25) is 5.32 Å². The first-order valence-electron chi connectivity index (χ1n) is 6.78. The summed E-state index contributed by atoms with van der Waals surface area (Å²) in [4.78, 5) is 0. The molecule has 104 valence electrons. The van der Waals surface area contributed by atoms with Crippen LogP contribution in [0, 0.1) is 0 Å². The van der Waals surface area contributed by atoms with Gasteiger partial charge in [0.2, 0.25) is 0 Å². The molecule has 0 saturated carbocycles. The number of hydrogen-bond acceptors (Lipinski definition) is 4. The van der Waals surface area contributed by atoms with Crippen LogP contribution in [0.3, 0.4) is 0 Å². The van der Waals surface area contributed by atoms with Gasteiger partial charge in [0.15, 0.2) is 0 Å². The molecular weight excluding hydrogens is 232 g/mol. The van der Waals surface area contributed by atoms with Crippen molar-refractivity contribution in [2.45, 2.75) is 51.6 Å². The standard InChI is InChI=1S/C12H30N2O2Si/c1-4-11-17(3,15-2)16-12-14-10-8-6-5-7-9-13/h14H,4-13H2,1-3H3. The van der Waals surface area contributed by atoms with Crippen LogP contribution in [0.2, 0.25) is 12.6 Å². The van der Waals surface area contributed by atoms with Crippen LogP contribution in [0.4, 0.5) is 0 Å². The van der Waals surface area contributed by atoms with E-state index in [4.69, 9.17) is 14.6 Å². The van der Waals surface area contributed by atoms with Crippen LogP contribution in [0.25, 0.3) is 0 Å². The Labute approximate surface area is 107 Å². The number of rotatable bonds is 12. The van der Waals surface area contributed by atoms with Gasteiger partial charge in [-0.1, -0.05) is 26.2 Å². The zero-order chi connectivity index (χ0) is 13.0. The average Bonchev–Trinajstić information content (AvgIpc) is 2.33. The SMILES string of the molecule is CCC[Si](C)(OC)OCNCCCCCCN. The summed E-state index contributed by atoms with van der Waals surface area (Å²) in [6.07, 6.45) is 5.94. The van der Waals surface area contributed by atoms with Crippen molar-refractivity contribution in [2.75, 3.05) is 26.9 Å². The van der Waals surface area contributed by atoms with E-state index in [1.54, 1.807) is 7.11 Å². The molecule has 17 heavy (non-hydrogen) atoms. The lowest BCUT2D eigenvalue weighted by Gasteiger charge is -2.24. The molecule has 0 aliphatic heterocycles. The largest absolute Gasteiger partial charge is 0.398 e. The van der Waals surface area contributed by atoms with E-state index < -0.39 is 8.56 Å². The van der Waals surface area contributed by atoms with Crippen molar-refractivity contribution >= 4 is 8.56 Å². The van der Waals surface area contributed by atoms with E-state index in [9.17, 15) is 0 Å². The number of nitrogens with one attached hydrogen (secondary N) is 1. The molecule has 0 amide bonds. The summed E-state index contributed by atoms with van der Waals surface area (Å²) < 4.78 is 11.3. The summed E-state index contributed by atoms with van der Waals surface area (Å²) in [7, 11) is -0.125. The highest BCUT2D eigenvalue weighted by Gasteiger charge is 2.28. The fourth-order valence-corrected chi connectivity index (χ4v) is 3.49. The first kappa shape index (κ1) is 17.1. The van der Waals surface area contributed by atoms with Gasteiger partial charge < -0.3 is 14.6 Å². The summed E-state index contributed by atoms with van der Waals surface area (Å²) in [6, 6.07) is 1.06. The lowest BCUT2D eigenvalue weighted by Crippen LogP contribution is -2.40. The molecule has 0 rings (SSSR count). The van der Waals surface area contributed by atoms with E-state index in [0.29, 0.717) is 6.73 Å². The Bertz CT molecular complexity index is 173. The Balaban J connectivity index is 3.37. The molecule has 0 fully saturated rings. The van der Waals surface area contributed by atoms with Gasteiger partial charge in [-0.25, -0.2) is 0 Å². The third-order valence-electron chi connectivity index (χ3n) is 2.92. The van der Waals surface area contributed by atoms with Crippen LogP contribution in [0.1, 0.15) is 39.0 Å². The van der Waals surface area contributed by atoms with Crippen molar-refractivity contribution in [3.8, 4) is 0 Å². The number of unbranched alkanes of at least 4 members (excludes halogenated alkanes) is 3. The molecule has 0 aromatic carbocycles. The van der Waals surface area contributed by atoms with Crippen molar-refractivity contribution in [1.82, 2.24) is 5.32 Å². The molecule has 0 aromatic rings. The van der Waals surface area contributed by atoms with Crippen LogP contribution in [-0.2, 0) is 8.85 Å². The lowest BCUT2D eigenvalue weighted by molar-refractivity contribution is 0.187. The monoisotopic (exact) mass is 262 g/mol. The normalized spacial score (nSPS) is 14.8. The molecule has 5 heteroatoms. The van der Waals surface area contributed by atoms with E-state index in [-0.39, 0.29) is 0 Å². The summed E-state index contributed by atoms with van der Waals surface area (Å²) in [5, 5.41) is 3.31. The third kappa shape index (κ3) is 9.73. The molecule has 0 spiro atoms. The van der Waals surface area contributed by atoms with Gasteiger partial charge in [0.05, 0.1) is 6.73 Å². The fourth-order valence-electron chi connectivity index (χ4n) is 1.71. The highest BCUT2D eigenvalue weighted by molar-refractivity contribution is 6.65. The van der Waals surface area contributed by atoms with Crippen molar-refractivity contribution < 1.29 is 8.85 Å². The van der Waals surface area contributed by atoms with Crippen LogP contribution in [0.5, 0.6) is 0 Å². The molecule has 0 aliphatic rings. The molecule has 1 unspecified atom stereocenters. The second kappa shape index (κ2) is 11.2. The number of nitrogens with two attached hydrogens (primary N) is 1. The molecule has 0 heterocycles. The highest BCUT2D eigenvalue weighted by atomic mass is 28.4. The second-order valence-electron chi connectivity index (χ2n) is 4.58. The maximum Gasteiger partial charge on any atom is 0.335 e. The summed E-state index contributed by atoms with van der Waals surface area (Å²) >= 11 is 0. The van der Waals surface area contributed by atoms with Gasteiger partial charge >= 0.3 is 8.56 Å². The van der Waals surface area contributed by atoms with Crippen molar-refractivity contribution in [2.24, 2.45) is 5.73 Å². The first-order chi connectivity index (χ1) is 8.18. The second-order valence-corrected chi connectivity index (χ2v) is 8.04. The summed E-state index contributed by atoms with van der Waals surface area (Å²) in [5.41, 5.74) is 5.44. The van der Waals surface area contributed by atoms with E-state index >= 15 is 0 Å². The fraction of sp³-hybridized carbons (Fsp3) is 1.00. The molecule has 0 radical (unpaired) electrons. The first-order valence-corrected chi connectivity index (χ1v) is 9.30. The third-order valence-corrected chi connectivity index (χ3v) is 5.95. The smallest absolute Gasteiger partial charge is 0.335 e. The molecule has 4 nitrogen and oxygen atoms in total. The van der Waals surface area contributed by atoms with Crippen LogP contribution >= 0.6 is 0 Å². The minimum Gasteiger partial charge on any atom is -0.398 e. The Hall–Kier alpha value is 0.0569. The highest BCUT2D eigenvalue weighted by Crippen LogP contribution is 2.13. The van der Waals surface area contributed by atoms with E-state index in [1.165, 1.54) is 19.3 Å². The van der Waals surface area contributed by atoms with Gasteiger partial charge in [-0.15, -0.1) is 0 Å². The molecule has 0 aliphatic carbocycles. The number of hydrogen-bond donors (Lipinski definition) is 2. The topological polar surface area (TPSA) is 56.5 Å². The van der Waals surface area contributed by atoms with Crippen LogP contribution < -0.4 is 11.1 Å². The average molecular weight is 262 g/mol. The van der Waals surface area contributed by atoms with Gasteiger partial charge in [0.1, 0.15) is 0 Å². The lowest BCUT2D eigenvalue weighted by atomic mass is 10.2. The zero-order valence-corrected chi connectivity index (χ0v) is 12.8. The summed E-state index contributed by atoms with van der Waals surface area (Å²) in [5.74, 6) is 0. The van der Waals surface area contributed by atoms with E-state index in [0.717, 1.165) is 32.0 Å². The minimum absolute atomic E-state index is 0.619. The molecule has 1 atom stereocenters. The Morgan fingerprint density at radius 1 is 1.18 bits per heavy atom. The van der Waals surface area contributed by atoms with Gasteiger partial charge in [0.25, 0.3) is 0 Å². The molecule has 0 aromatic heterocycles. The van der Waals surface area contributed by atoms with Gasteiger partial charge in [-0.2, -0.15) is 0 Å². The maximum atomic E-state index is 5.83. The quantitative estimate of drug-likeness (QED) is 0.322. The Kier molecular flexibility index (Phi) is 11.2. The Morgan fingerprint density at radius 2 is 1.88 bits per heavy atom. The Morgan fingerprint density at radius 3 is 2.47 bits per heavy atom.